The molecule has 0 aliphatic heterocycles. The zero-order valence-electron chi connectivity index (χ0n) is 21.3. The molecule has 204 valence electrons. The van der Waals surface area contributed by atoms with E-state index >= 15 is 0 Å². The van der Waals surface area contributed by atoms with Gasteiger partial charge in [0.15, 0.2) is 0 Å². The van der Waals surface area contributed by atoms with Crippen molar-refractivity contribution in [3.63, 3.8) is 0 Å². The smallest absolute Gasteiger partial charge is 0.408 e. The van der Waals surface area contributed by atoms with Gasteiger partial charge in [-0.2, -0.15) is 0 Å². The van der Waals surface area contributed by atoms with Gasteiger partial charge < -0.3 is 25.2 Å². The van der Waals surface area contributed by atoms with Crippen molar-refractivity contribution in [2.45, 2.75) is 51.8 Å². The molecule has 3 atom stereocenters. The lowest BCUT2D eigenvalue weighted by atomic mass is 9.87. The summed E-state index contributed by atoms with van der Waals surface area (Å²) >= 11 is 0. The van der Waals surface area contributed by atoms with Crippen LogP contribution in [-0.4, -0.2) is 52.7 Å². The second-order valence-electron chi connectivity index (χ2n) is 8.72. The number of carbonyl (C=O) groups excluding carboxylic acids is 3. The number of carboxylic acid groups (broad SMARTS) is 1. The largest absolute Gasteiger partial charge is 0.480 e. The van der Waals surface area contributed by atoms with Crippen LogP contribution in [0.25, 0.3) is 0 Å². The summed E-state index contributed by atoms with van der Waals surface area (Å²) < 4.78 is 10.1. The Kier molecular flexibility index (Phi) is 11.2. The van der Waals surface area contributed by atoms with Gasteiger partial charge in [0.1, 0.15) is 18.7 Å². The van der Waals surface area contributed by atoms with E-state index in [0.29, 0.717) is 0 Å². The molecule has 2 aromatic carbocycles. The van der Waals surface area contributed by atoms with Crippen LogP contribution in [0.5, 0.6) is 0 Å². The highest BCUT2D eigenvalue weighted by molar-refractivity contribution is 5.90. The van der Waals surface area contributed by atoms with E-state index in [1.54, 1.807) is 45.0 Å². The number of aliphatic carboxylic acids is 1. The van der Waals surface area contributed by atoms with Gasteiger partial charge in [0.05, 0.1) is 18.0 Å². The number of alkyl carbamates (subject to hydrolysis) is 1. The second-order valence-corrected chi connectivity index (χ2v) is 8.72. The van der Waals surface area contributed by atoms with Gasteiger partial charge in [0.25, 0.3) is 5.69 Å². The molecule has 12 heteroatoms. The summed E-state index contributed by atoms with van der Waals surface area (Å²) in [7, 11) is 0. The third-order valence-electron chi connectivity index (χ3n) is 5.63. The maximum absolute atomic E-state index is 13.1. The summed E-state index contributed by atoms with van der Waals surface area (Å²) in [5.41, 5.74) is 0.786. The summed E-state index contributed by atoms with van der Waals surface area (Å²) in [5.74, 6) is -4.52. The van der Waals surface area contributed by atoms with Crippen LogP contribution in [0.4, 0.5) is 10.5 Å². The average Bonchev–Trinajstić information content (AvgIpc) is 2.88. The van der Waals surface area contributed by atoms with E-state index in [4.69, 9.17) is 9.47 Å². The lowest BCUT2D eigenvalue weighted by molar-refractivity contribution is -0.384. The molecule has 0 aliphatic carbocycles. The summed E-state index contributed by atoms with van der Waals surface area (Å²) in [4.78, 5) is 60.5. The molecule has 0 unspecified atom stereocenters. The van der Waals surface area contributed by atoms with E-state index in [0.717, 1.165) is 5.56 Å². The van der Waals surface area contributed by atoms with Crippen molar-refractivity contribution >= 4 is 29.6 Å². The molecule has 2 rings (SSSR count). The molecule has 0 saturated heterocycles. The molecule has 0 aliphatic rings. The molecule has 3 N–H and O–H groups in total. The minimum Gasteiger partial charge on any atom is -0.480 e. The summed E-state index contributed by atoms with van der Waals surface area (Å²) in [6, 6.07) is 11.1. The van der Waals surface area contributed by atoms with E-state index in [1.165, 1.54) is 24.3 Å². The van der Waals surface area contributed by atoms with Crippen LogP contribution in [0, 0.1) is 16.0 Å². The molecule has 12 nitrogen and oxygen atoms in total. The quantitative estimate of drug-likeness (QED) is 0.200. The first-order valence-corrected chi connectivity index (χ1v) is 11.9. The van der Waals surface area contributed by atoms with Gasteiger partial charge in [-0.3, -0.25) is 19.7 Å². The van der Waals surface area contributed by atoms with Gasteiger partial charge >= 0.3 is 18.0 Å². The molecule has 0 aromatic heterocycles. The number of rotatable bonds is 13. The number of ether oxygens (including phenoxy) is 2. The Morgan fingerprint density at radius 2 is 1.58 bits per heavy atom. The molecular weight excluding hydrogens is 498 g/mol. The molecule has 0 bridgehead atoms. The highest BCUT2D eigenvalue weighted by Crippen LogP contribution is 2.27. The number of benzene rings is 2. The van der Waals surface area contributed by atoms with Crippen LogP contribution >= 0.6 is 0 Å². The van der Waals surface area contributed by atoms with Crippen molar-refractivity contribution in [2.75, 3.05) is 6.61 Å². The predicted molar refractivity (Wildman–Crippen MR) is 135 cm³/mol. The minimum atomic E-state index is -1.61. The average molecular weight is 530 g/mol. The second kappa shape index (κ2) is 14.3. The highest BCUT2D eigenvalue weighted by atomic mass is 16.6. The normalized spacial score (nSPS) is 13.1. The fourth-order valence-corrected chi connectivity index (χ4v) is 3.68. The number of carbonyl (C=O) groups is 4. The van der Waals surface area contributed by atoms with E-state index in [9.17, 15) is 34.4 Å². The van der Waals surface area contributed by atoms with Crippen molar-refractivity contribution in [2.24, 2.45) is 5.92 Å². The first-order chi connectivity index (χ1) is 18.0. The Labute approximate surface area is 219 Å². The number of hydrogen-bond donors (Lipinski definition) is 3. The number of nitrogens with zero attached hydrogens (tertiary/aromatic N) is 1. The Bertz CT molecular complexity index is 1120. The van der Waals surface area contributed by atoms with Gasteiger partial charge in [0, 0.05) is 18.1 Å². The fourth-order valence-electron chi connectivity index (χ4n) is 3.68. The van der Waals surface area contributed by atoms with Crippen molar-refractivity contribution in [3.8, 4) is 0 Å². The van der Waals surface area contributed by atoms with Crippen LogP contribution in [0.2, 0.25) is 0 Å². The standard InChI is InChI=1S/C26H31N3O9/c1-4-37-21(30)14-20(18-10-12-19(13-11-18)29(35)36)23(25(32)33)27-24(31)22(16(2)3)28-26(34)38-15-17-8-6-5-7-9-17/h5-13,16,20,22-23H,4,14-15H2,1-3H3,(H,27,31)(H,28,34)(H,32,33)/t20-,22+,23-/m1/s1. The van der Waals surface area contributed by atoms with Crippen molar-refractivity contribution in [3.05, 3.63) is 75.8 Å². The summed E-state index contributed by atoms with van der Waals surface area (Å²) in [6.45, 7) is 4.93. The van der Waals surface area contributed by atoms with Crippen molar-refractivity contribution in [1.29, 1.82) is 0 Å². The lowest BCUT2D eigenvalue weighted by Crippen LogP contribution is -2.55. The Morgan fingerprint density at radius 1 is 0.947 bits per heavy atom. The summed E-state index contributed by atoms with van der Waals surface area (Å²) in [6.07, 6.45) is -1.28. The molecule has 0 spiro atoms. The van der Waals surface area contributed by atoms with Crippen LogP contribution in [0.15, 0.2) is 54.6 Å². The zero-order chi connectivity index (χ0) is 28.2. The van der Waals surface area contributed by atoms with Gasteiger partial charge in [-0.15, -0.1) is 0 Å². The molecule has 0 saturated carbocycles. The molecule has 0 heterocycles. The molecule has 2 aromatic rings. The number of amides is 2. The first-order valence-electron chi connectivity index (χ1n) is 11.9. The van der Waals surface area contributed by atoms with Crippen LogP contribution in [0.3, 0.4) is 0 Å². The summed E-state index contributed by atoms with van der Waals surface area (Å²) in [5, 5.41) is 25.9. The van der Waals surface area contributed by atoms with Crippen molar-refractivity contribution < 1.29 is 38.7 Å². The maximum Gasteiger partial charge on any atom is 0.408 e. The third kappa shape index (κ3) is 8.87. The number of nitro benzene ring substituents is 1. The van der Waals surface area contributed by atoms with Gasteiger partial charge in [-0.1, -0.05) is 56.3 Å². The molecular formula is C26H31N3O9. The van der Waals surface area contributed by atoms with Crippen LogP contribution in [-0.2, 0) is 30.5 Å². The van der Waals surface area contributed by atoms with E-state index in [-0.39, 0.29) is 24.5 Å². The van der Waals surface area contributed by atoms with Crippen LogP contribution in [0.1, 0.15) is 44.2 Å². The van der Waals surface area contributed by atoms with E-state index in [1.807, 2.05) is 6.07 Å². The number of hydrogen-bond acceptors (Lipinski definition) is 8. The number of nitro groups is 1. The molecule has 0 radical (unpaired) electrons. The topological polar surface area (TPSA) is 174 Å². The van der Waals surface area contributed by atoms with Gasteiger partial charge in [-0.25, -0.2) is 9.59 Å². The van der Waals surface area contributed by atoms with E-state index < -0.39 is 59.2 Å². The maximum atomic E-state index is 13.1. The number of non-ortho nitro benzene ring substituents is 1. The first kappa shape index (κ1) is 29.7. The number of carboxylic acids is 1. The molecule has 38 heavy (non-hydrogen) atoms. The minimum absolute atomic E-state index is 0.0292. The lowest BCUT2D eigenvalue weighted by Gasteiger charge is -2.28. The highest BCUT2D eigenvalue weighted by Gasteiger charge is 2.36. The monoisotopic (exact) mass is 529 g/mol. The fraction of sp³-hybridized carbons (Fsp3) is 0.385. The zero-order valence-corrected chi connectivity index (χ0v) is 21.3. The van der Waals surface area contributed by atoms with E-state index in [2.05, 4.69) is 10.6 Å². The van der Waals surface area contributed by atoms with Crippen LogP contribution < -0.4 is 10.6 Å². The SMILES string of the molecule is CCOC(=O)C[C@H](c1ccc([N+](=O)[O-])cc1)[C@@H](NC(=O)[C@@H](NC(=O)OCc1ccccc1)C(C)C)C(=O)O. The van der Waals surface area contributed by atoms with Gasteiger partial charge in [-0.05, 0) is 24.0 Å². The Balaban J connectivity index is 2.23. The molecule has 2 amide bonds. The predicted octanol–water partition coefficient (Wildman–Crippen LogP) is 3.15. The molecule has 0 fully saturated rings. The Morgan fingerprint density at radius 3 is 2.11 bits per heavy atom. The van der Waals surface area contributed by atoms with Gasteiger partial charge in [0.2, 0.25) is 5.91 Å². The third-order valence-corrected chi connectivity index (χ3v) is 5.63. The Hall–Kier alpha value is -4.48. The number of nitrogens with one attached hydrogen (secondary N) is 2. The number of esters is 1. The van der Waals surface area contributed by atoms with Crippen molar-refractivity contribution in [1.82, 2.24) is 10.6 Å².